The first-order valence-corrected chi connectivity index (χ1v) is 28.3. The average Bonchev–Trinajstić information content (AvgIpc) is 3.06. The van der Waals surface area contributed by atoms with Gasteiger partial charge in [0.2, 0.25) is 0 Å². The molecule has 0 saturated heterocycles. The monoisotopic (exact) mass is 933 g/mol. The lowest BCUT2D eigenvalue weighted by atomic mass is 10.2. The van der Waals surface area contributed by atoms with Gasteiger partial charge in [-0.15, -0.1) is 0 Å². The van der Waals surface area contributed by atoms with Crippen LogP contribution in [0, 0.1) is 0 Å². The Kier molecular flexibility index (Phi) is 31.5. The molecule has 0 aromatic carbocycles. The quantitative estimate of drug-likeness (QED) is 0.0554. The van der Waals surface area contributed by atoms with Crippen LogP contribution in [0.2, 0.25) is 0 Å². The molecule has 0 rings (SSSR count). The predicted molar refractivity (Wildman–Crippen MR) is 272 cm³/mol. The zero-order chi connectivity index (χ0) is 45.9. The molecule has 0 aliphatic heterocycles. The minimum absolute atomic E-state index is 0.0322. The first-order chi connectivity index (χ1) is 26.4. The summed E-state index contributed by atoms with van der Waals surface area (Å²) in [6.45, 7) is 54.2. The Balaban J connectivity index is 0. The maximum atomic E-state index is 11.7. The van der Waals surface area contributed by atoms with Crippen LogP contribution >= 0.6 is 63.9 Å². The average molecular weight is 933 g/mol. The highest BCUT2D eigenvalue weighted by Gasteiger charge is 2.39. The fourth-order valence-electron chi connectivity index (χ4n) is 6.28. The highest BCUT2D eigenvalue weighted by atomic mass is 32.2. The third-order valence-electron chi connectivity index (χ3n) is 8.68. The van der Waals surface area contributed by atoms with E-state index in [1.165, 1.54) is 23.5 Å². The van der Waals surface area contributed by atoms with E-state index in [0.29, 0.717) is 61.2 Å². The second-order valence-corrected chi connectivity index (χ2v) is 28.0. The van der Waals surface area contributed by atoms with E-state index in [1.54, 1.807) is 0 Å². The van der Waals surface area contributed by atoms with Crippen molar-refractivity contribution in [1.82, 2.24) is 18.7 Å². The molecule has 0 atom stereocenters. The van der Waals surface area contributed by atoms with Gasteiger partial charge in [-0.2, -0.15) is 23.5 Å². The van der Waals surface area contributed by atoms with Crippen molar-refractivity contribution in [3.05, 3.63) is 0 Å². The number of carbonyl (C=O) groups is 2. The third-order valence-corrected chi connectivity index (χ3v) is 21.4. The van der Waals surface area contributed by atoms with Crippen LogP contribution in [0.1, 0.15) is 179 Å². The van der Waals surface area contributed by atoms with Crippen LogP contribution in [0.5, 0.6) is 0 Å². The van der Waals surface area contributed by atoms with Gasteiger partial charge in [-0.25, -0.2) is 18.7 Å². The van der Waals surface area contributed by atoms with Gasteiger partial charge in [-0.05, 0) is 152 Å². The van der Waals surface area contributed by atoms with Crippen molar-refractivity contribution >= 4 is 74.2 Å². The maximum absolute atomic E-state index is 11.7. The summed E-state index contributed by atoms with van der Waals surface area (Å²) < 4.78 is 23.8. The van der Waals surface area contributed by atoms with Crippen molar-refractivity contribution in [3.8, 4) is 0 Å². The van der Waals surface area contributed by atoms with Crippen molar-refractivity contribution in [2.24, 2.45) is 0 Å². The third kappa shape index (κ3) is 25.0. The molecule has 0 fully saturated rings. The molecule has 0 aromatic heterocycles. The normalized spacial score (nSPS) is 13.6. The molecule has 0 bridgehead atoms. The molecule has 0 aromatic rings. The molecular formula is C44H94N4O4P2S4. The van der Waals surface area contributed by atoms with Crippen LogP contribution < -0.4 is 0 Å². The molecule has 58 heavy (non-hydrogen) atoms. The van der Waals surface area contributed by atoms with Gasteiger partial charge in [0, 0.05) is 93.7 Å². The maximum Gasteiger partial charge on any atom is 0.189 e. The van der Waals surface area contributed by atoms with E-state index < -0.39 is 16.9 Å². The number of rotatable bonds is 28. The smallest absolute Gasteiger partial charge is 0.189 e. The van der Waals surface area contributed by atoms with Gasteiger partial charge in [0.05, 0.1) is 12.2 Å². The van der Waals surface area contributed by atoms with E-state index in [1.807, 2.05) is 37.4 Å². The topological polar surface area (TPSA) is 65.6 Å². The molecule has 8 nitrogen and oxygen atoms in total. The predicted octanol–water partition coefficient (Wildman–Crippen LogP) is 14.1. The van der Waals surface area contributed by atoms with Gasteiger partial charge in [-0.3, -0.25) is 9.59 Å². The number of hydrogen-bond donors (Lipinski definition) is 0. The van der Waals surface area contributed by atoms with Crippen LogP contribution in [0.4, 0.5) is 0 Å². The van der Waals surface area contributed by atoms with E-state index in [4.69, 9.17) is 9.05 Å². The molecule has 0 amide bonds. The molecule has 348 valence electrons. The lowest BCUT2D eigenvalue weighted by Gasteiger charge is -2.48. The van der Waals surface area contributed by atoms with Crippen molar-refractivity contribution in [1.29, 1.82) is 0 Å². The lowest BCUT2D eigenvalue weighted by Crippen LogP contribution is -2.45. The summed E-state index contributed by atoms with van der Waals surface area (Å²) in [6.07, 6.45) is 1.21. The highest BCUT2D eigenvalue weighted by Crippen LogP contribution is 2.54. The molecule has 0 aliphatic rings. The number of thioether (sulfide) groups is 4. The first-order valence-electron chi connectivity index (χ1n) is 22.0. The first kappa shape index (κ1) is 61.4. The molecule has 14 heteroatoms. The van der Waals surface area contributed by atoms with E-state index in [9.17, 15) is 9.59 Å². The Labute approximate surface area is 381 Å². The molecule has 0 spiro atoms. The fourth-order valence-corrected chi connectivity index (χ4v) is 15.3. The summed E-state index contributed by atoms with van der Waals surface area (Å²) in [7, 11) is -1.73. The second kappa shape index (κ2) is 29.7. The van der Waals surface area contributed by atoms with E-state index >= 15 is 0 Å². The molecule has 0 saturated carbocycles. The Morgan fingerprint density at radius 3 is 1.07 bits per heavy atom. The van der Waals surface area contributed by atoms with Gasteiger partial charge in [0.1, 0.15) is 0 Å². The molecule has 0 N–H and O–H groups in total. The Hall–Kier alpha value is 1.36. The van der Waals surface area contributed by atoms with E-state index in [-0.39, 0.29) is 25.3 Å². The van der Waals surface area contributed by atoms with Crippen molar-refractivity contribution in [2.75, 3.05) is 29.6 Å². The molecule has 0 radical (unpaired) electrons. The Morgan fingerprint density at radius 1 is 0.483 bits per heavy atom. The Morgan fingerprint density at radius 2 is 0.776 bits per heavy atom. The molecule has 0 aliphatic carbocycles. The summed E-state index contributed by atoms with van der Waals surface area (Å²) in [5, 5.41) is 0.555. The Bertz CT molecular complexity index is 1060. The van der Waals surface area contributed by atoms with Crippen LogP contribution in [-0.4, -0.2) is 122 Å². The number of nitrogens with zero attached hydrogens (tertiary/aromatic N) is 4. The molecule has 0 heterocycles. The minimum Gasteiger partial charge on any atom is -0.330 e. The minimum atomic E-state index is -0.908. The van der Waals surface area contributed by atoms with Crippen LogP contribution in [-0.2, 0) is 18.6 Å². The van der Waals surface area contributed by atoms with E-state index in [2.05, 4.69) is 171 Å². The number of hydrogen-bond acceptors (Lipinski definition) is 12. The van der Waals surface area contributed by atoms with E-state index in [0.717, 1.165) is 29.6 Å². The standard InChI is InChI=1S/C23H49N2O2PS2.C21H45N2O2PS2/c1-14-21(26)29-16-23(12,13)30-15-22(10,11)27-28(24(17(2)3)18(4)5)25(19(6)7)20(8)9;1-12-20(24)27-15-21(10,11)28-14-13-25-26(22(16(2)3)17(4)5)23(18(6)7)19(8)9/h17-20H,14-16H2,1-13H3;16-19H,12-15H2,1-11H3. The van der Waals surface area contributed by atoms with Crippen molar-refractivity contribution in [3.63, 3.8) is 0 Å². The summed E-state index contributed by atoms with van der Waals surface area (Å²) in [5.41, 5.74) is -0.267. The number of carbonyl (C=O) groups excluding carboxylic acids is 2. The zero-order valence-electron chi connectivity index (χ0n) is 42.0. The second-order valence-electron chi connectivity index (χ2n) is 19.1. The zero-order valence-corrected chi connectivity index (χ0v) is 47.1. The highest BCUT2D eigenvalue weighted by molar-refractivity contribution is 8.14. The van der Waals surface area contributed by atoms with Crippen molar-refractivity contribution < 1.29 is 18.6 Å². The van der Waals surface area contributed by atoms with Crippen LogP contribution in [0.25, 0.3) is 0 Å². The van der Waals surface area contributed by atoms with Gasteiger partial charge in [-0.1, -0.05) is 37.4 Å². The fraction of sp³-hybridized carbons (Fsp3) is 0.955. The summed E-state index contributed by atoms with van der Waals surface area (Å²) in [5.74, 6) is 3.53. The largest absolute Gasteiger partial charge is 0.330 e. The van der Waals surface area contributed by atoms with Gasteiger partial charge in [0.25, 0.3) is 0 Å². The van der Waals surface area contributed by atoms with Crippen LogP contribution in [0.15, 0.2) is 0 Å². The molecular weight excluding hydrogens is 839 g/mol. The summed E-state index contributed by atoms with van der Waals surface area (Å²) in [6, 6.07) is 3.39. The van der Waals surface area contributed by atoms with Gasteiger partial charge in [0.15, 0.2) is 27.1 Å². The summed E-state index contributed by atoms with van der Waals surface area (Å²) in [4.78, 5) is 23.3. The summed E-state index contributed by atoms with van der Waals surface area (Å²) >= 11 is 6.74. The van der Waals surface area contributed by atoms with Gasteiger partial charge >= 0.3 is 0 Å². The lowest BCUT2D eigenvalue weighted by molar-refractivity contribution is -0.111. The SMILES string of the molecule is CCC(=O)SCC(C)(C)SCC(C)(C)OP(N(C(C)C)C(C)C)N(C(C)C)C(C)C.CCC(=O)SCC(C)(C)SCCOP(N(C(C)C)C(C)C)N(C(C)C)C(C)C. The molecule has 0 unspecified atom stereocenters. The van der Waals surface area contributed by atoms with Gasteiger partial charge < -0.3 is 9.05 Å². The van der Waals surface area contributed by atoms with Crippen LogP contribution in [0.3, 0.4) is 0 Å². The van der Waals surface area contributed by atoms with Crippen molar-refractivity contribution in [2.45, 2.75) is 242 Å².